The first-order chi connectivity index (χ1) is 9.97. The molecule has 1 aliphatic carbocycles. The van der Waals surface area contributed by atoms with Gasteiger partial charge in [0.05, 0.1) is 0 Å². The average Bonchev–Trinajstić information content (AvgIpc) is 2.74. The highest BCUT2D eigenvalue weighted by atomic mass is 32.1. The van der Waals surface area contributed by atoms with Crippen LogP contribution in [0.15, 0.2) is 0 Å². The highest BCUT2D eigenvalue weighted by Crippen LogP contribution is 2.29. The Morgan fingerprint density at radius 3 is 2.81 bits per heavy atom. The van der Waals surface area contributed by atoms with E-state index >= 15 is 0 Å². The van der Waals surface area contributed by atoms with E-state index in [9.17, 15) is 4.79 Å². The van der Waals surface area contributed by atoms with Crippen LogP contribution < -0.4 is 16.4 Å². The molecule has 1 aromatic heterocycles. The maximum absolute atomic E-state index is 12.1. The quantitative estimate of drug-likeness (QED) is 0.714. The van der Waals surface area contributed by atoms with Crippen molar-refractivity contribution in [3.63, 3.8) is 0 Å². The first-order valence-corrected chi connectivity index (χ1v) is 8.30. The Hall–Kier alpha value is -1.34. The van der Waals surface area contributed by atoms with Gasteiger partial charge in [0.2, 0.25) is 0 Å². The second kappa shape index (κ2) is 7.09. The summed E-state index contributed by atoms with van der Waals surface area (Å²) in [6.07, 6.45) is 3.60. The topological polar surface area (TPSA) is 83.3 Å². The predicted molar refractivity (Wildman–Crippen MR) is 87.9 cm³/mol. The number of amides is 1. The minimum Gasteiger partial charge on any atom is -0.382 e. The fraction of sp³-hybridized carbons (Fsp3) is 0.714. The number of rotatable bonds is 7. The van der Waals surface area contributed by atoms with Crippen LogP contribution in [0.5, 0.6) is 0 Å². The number of nitrogen functional groups attached to an aromatic ring is 1. The molecule has 1 saturated carbocycles. The standard InChI is InChI=1S/C14H25N5OS/c1-9(2)19(3)8-7-16-13(20)11-12(15)18-14(21-11)17-10-5-4-6-10/h9-10H,4-8,15H2,1-3H3,(H,16,20)(H,17,18). The number of thiazole rings is 1. The Bertz CT molecular complexity index is 484. The Kier molecular flexibility index (Phi) is 5.41. The molecular weight excluding hydrogens is 286 g/mol. The number of likely N-dealkylation sites (N-methyl/N-ethyl adjacent to an activating group) is 1. The summed E-state index contributed by atoms with van der Waals surface area (Å²) in [6, 6.07) is 0.958. The number of carbonyl (C=O) groups excluding carboxylic acids is 1. The Morgan fingerprint density at radius 1 is 1.52 bits per heavy atom. The molecule has 0 spiro atoms. The fourth-order valence-electron chi connectivity index (χ4n) is 1.97. The molecule has 6 nitrogen and oxygen atoms in total. The van der Waals surface area contributed by atoms with Gasteiger partial charge < -0.3 is 21.3 Å². The van der Waals surface area contributed by atoms with E-state index in [1.165, 1.54) is 30.6 Å². The molecule has 0 atom stereocenters. The molecule has 118 valence electrons. The van der Waals surface area contributed by atoms with Crippen molar-refractivity contribution in [2.75, 3.05) is 31.2 Å². The van der Waals surface area contributed by atoms with Gasteiger partial charge in [-0.25, -0.2) is 4.98 Å². The van der Waals surface area contributed by atoms with Crippen molar-refractivity contribution >= 4 is 28.2 Å². The highest BCUT2D eigenvalue weighted by molar-refractivity contribution is 7.18. The van der Waals surface area contributed by atoms with E-state index in [-0.39, 0.29) is 5.91 Å². The van der Waals surface area contributed by atoms with Crippen molar-refractivity contribution in [1.29, 1.82) is 0 Å². The van der Waals surface area contributed by atoms with Crippen LogP contribution >= 0.6 is 11.3 Å². The lowest BCUT2D eigenvalue weighted by molar-refractivity contribution is 0.0953. The summed E-state index contributed by atoms with van der Waals surface area (Å²) in [6.45, 7) is 5.67. The lowest BCUT2D eigenvalue weighted by Gasteiger charge is -2.25. The molecule has 0 aliphatic heterocycles. The molecule has 1 heterocycles. The molecule has 4 N–H and O–H groups in total. The fourth-order valence-corrected chi connectivity index (χ4v) is 2.85. The molecule has 21 heavy (non-hydrogen) atoms. The van der Waals surface area contributed by atoms with Gasteiger partial charge in [-0.2, -0.15) is 0 Å². The number of aromatic nitrogens is 1. The predicted octanol–water partition coefficient (Wildman–Crippen LogP) is 1.76. The summed E-state index contributed by atoms with van der Waals surface area (Å²) in [5.74, 6) is 0.181. The van der Waals surface area contributed by atoms with Gasteiger partial charge in [0.15, 0.2) is 5.13 Å². The maximum Gasteiger partial charge on any atom is 0.265 e. The summed E-state index contributed by atoms with van der Waals surface area (Å²) in [7, 11) is 2.04. The molecule has 1 fully saturated rings. The summed E-state index contributed by atoms with van der Waals surface area (Å²) in [4.78, 5) is 19.1. The van der Waals surface area contributed by atoms with Gasteiger partial charge >= 0.3 is 0 Å². The van der Waals surface area contributed by atoms with Crippen LogP contribution in [0.1, 0.15) is 42.8 Å². The van der Waals surface area contributed by atoms with Gasteiger partial charge in [0, 0.05) is 25.2 Å². The Morgan fingerprint density at radius 2 is 2.24 bits per heavy atom. The zero-order valence-corrected chi connectivity index (χ0v) is 13.8. The van der Waals surface area contributed by atoms with E-state index in [0.29, 0.717) is 29.3 Å². The first kappa shape index (κ1) is 16.0. The van der Waals surface area contributed by atoms with Crippen molar-refractivity contribution in [2.24, 2.45) is 0 Å². The second-order valence-electron chi connectivity index (χ2n) is 5.84. The van der Waals surface area contributed by atoms with Crippen molar-refractivity contribution in [2.45, 2.75) is 45.2 Å². The summed E-state index contributed by atoms with van der Waals surface area (Å²) < 4.78 is 0. The zero-order valence-electron chi connectivity index (χ0n) is 13.0. The van der Waals surface area contributed by atoms with Crippen LogP contribution in [0.25, 0.3) is 0 Å². The van der Waals surface area contributed by atoms with Crippen LogP contribution in [0.3, 0.4) is 0 Å². The Balaban J connectivity index is 1.83. The number of nitrogens with two attached hydrogens (primary N) is 1. The van der Waals surface area contributed by atoms with E-state index in [2.05, 4.69) is 34.4 Å². The van der Waals surface area contributed by atoms with Gasteiger partial charge in [-0.1, -0.05) is 11.3 Å². The van der Waals surface area contributed by atoms with Gasteiger partial charge in [0.1, 0.15) is 10.7 Å². The number of carbonyl (C=O) groups is 1. The third-order valence-corrected chi connectivity index (χ3v) is 4.93. The number of nitrogens with zero attached hydrogens (tertiary/aromatic N) is 2. The summed E-state index contributed by atoms with van der Waals surface area (Å²) >= 11 is 1.34. The van der Waals surface area contributed by atoms with E-state index in [4.69, 9.17) is 5.73 Å². The molecule has 0 saturated heterocycles. The molecule has 1 amide bonds. The first-order valence-electron chi connectivity index (χ1n) is 7.48. The van der Waals surface area contributed by atoms with Crippen molar-refractivity contribution < 1.29 is 4.79 Å². The third-order valence-electron chi connectivity index (χ3n) is 3.92. The number of hydrogen-bond donors (Lipinski definition) is 3. The van der Waals surface area contributed by atoms with E-state index in [0.717, 1.165) is 11.7 Å². The van der Waals surface area contributed by atoms with Crippen LogP contribution in [-0.2, 0) is 0 Å². The molecule has 0 radical (unpaired) electrons. The van der Waals surface area contributed by atoms with Crippen molar-refractivity contribution in [3.05, 3.63) is 4.88 Å². The zero-order chi connectivity index (χ0) is 15.4. The second-order valence-corrected chi connectivity index (χ2v) is 6.83. The van der Waals surface area contributed by atoms with Gasteiger partial charge in [-0.05, 0) is 40.2 Å². The van der Waals surface area contributed by atoms with Crippen LogP contribution in [0.2, 0.25) is 0 Å². The summed E-state index contributed by atoms with van der Waals surface area (Å²) in [5, 5.41) is 6.98. The van der Waals surface area contributed by atoms with Crippen LogP contribution in [0, 0.1) is 0 Å². The molecule has 1 aromatic rings. The van der Waals surface area contributed by atoms with Gasteiger partial charge in [-0.3, -0.25) is 4.79 Å². The maximum atomic E-state index is 12.1. The van der Waals surface area contributed by atoms with Crippen LogP contribution in [-0.4, -0.2) is 48.0 Å². The monoisotopic (exact) mass is 311 g/mol. The molecule has 1 aliphatic rings. The van der Waals surface area contributed by atoms with E-state index < -0.39 is 0 Å². The van der Waals surface area contributed by atoms with E-state index in [1.807, 2.05) is 7.05 Å². The largest absolute Gasteiger partial charge is 0.382 e. The normalized spacial score (nSPS) is 15.3. The summed E-state index contributed by atoms with van der Waals surface area (Å²) in [5.41, 5.74) is 5.85. The minimum absolute atomic E-state index is 0.135. The van der Waals surface area contributed by atoms with Crippen molar-refractivity contribution in [3.8, 4) is 0 Å². The number of hydrogen-bond acceptors (Lipinski definition) is 6. The third kappa shape index (κ3) is 4.31. The Labute approximate surface area is 130 Å². The highest BCUT2D eigenvalue weighted by Gasteiger charge is 2.21. The molecule has 0 unspecified atom stereocenters. The molecular formula is C14H25N5OS. The smallest absolute Gasteiger partial charge is 0.265 e. The minimum atomic E-state index is -0.135. The van der Waals surface area contributed by atoms with Gasteiger partial charge in [-0.15, -0.1) is 0 Å². The van der Waals surface area contributed by atoms with Crippen molar-refractivity contribution in [1.82, 2.24) is 15.2 Å². The van der Waals surface area contributed by atoms with Crippen LogP contribution in [0.4, 0.5) is 10.9 Å². The molecule has 0 aromatic carbocycles. The molecule has 2 rings (SSSR count). The lowest BCUT2D eigenvalue weighted by Crippen LogP contribution is -2.36. The van der Waals surface area contributed by atoms with Gasteiger partial charge in [0.25, 0.3) is 5.91 Å². The average molecular weight is 311 g/mol. The number of nitrogens with one attached hydrogen (secondary N) is 2. The molecule has 0 bridgehead atoms. The SMILES string of the molecule is CC(C)N(C)CCNC(=O)c1sc(NC2CCC2)nc1N. The van der Waals surface area contributed by atoms with E-state index in [1.54, 1.807) is 0 Å². The molecule has 7 heteroatoms. The lowest BCUT2D eigenvalue weighted by atomic mass is 9.93. The number of anilines is 2.